The van der Waals surface area contributed by atoms with E-state index in [1.807, 2.05) is 6.07 Å². The smallest absolute Gasteiger partial charge is 0.133 e. The SMILES string of the molecule is CCCCN(CCCC)c1ccc(N=[NH2+])c(Cc2ccccc2)c1. The Hall–Kier alpha value is -2.16. The molecule has 2 rings (SSSR count). The lowest BCUT2D eigenvalue weighted by Crippen LogP contribution is -2.26. The molecule has 0 saturated carbocycles. The molecule has 0 unspecified atom stereocenters. The lowest BCUT2D eigenvalue weighted by Gasteiger charge is -2.25. The molecule has 0 aliphatic rings. The Balaban J connectivity index is 2.25. The van der Waals surface area contributed by atoms with Crippen LogP contribution in [0.4, 0.5) is 11.4 Å². The number of unbranched alkanes of at least 4 members (excludes halogenated alkanes) is 2. The molecule has 0 heterocycles. The van der Waals surface area contributed by atoms with Gasteiger partial charge >= 0.3 is 0 Å². The van der Waals surface area contributed by atoms with E-state index in [2.05, 4.69) is 66.3 Å². The fourth-order valence-corrected chi connectivity index (χ4v) is 2.92. The third-order valence-electron chi connectivity index (χ3n) is 4.37. The predicted octanol–water partition coefficient (Wildman–Crippen LogP) is 4.53. The molecule has 0 spiro atoms. The summed E-state index contributed by atoms with van der Waals surface area (Å²) in [5.41, 5.74) is 10.3. The van der Waals surface area contributed by atoms with Crippen molar-refractivity contribution in [1.29, 1.82) is 0 Å². The van der Waals surface area contributed by atoms with Crippen LogP contribution in [0.2, 0.25) is 0 Å². The van der Waals surface area contributed by atoms with Crippen molar-refractivity contribution in [2.24, 2.45) is 5.11 Å². The molecule has 2 N–H and O–H groups in total. The van der Waals surface area contributed by atoms with E-state index in [9.17, 15) is 0 Å². The van der Waals surface area contributed by atoms with Crippen LogP contribution < -0.4 is 10.4 Å². The molecule has 0 fully saturated rings. The highest BCUT2D eigenvalue weighted by molar-refractivity contribution is 5.58. The number of nitrogens with two attached hydrogens (primary N) is 1. The van der Waals surface area contributed by atoms with Gasteiger partial charge in [0.05, 0.1) is 0 Å². The molecule has 0 aromatic heterocycles. The van der Waals surface area contributed by atoms with E-state index in [-0.39, 0.29) is 0 Å². The van der Waals surface area contributed by atoms with Crippen LogP contribution in [0.1, 0.15) is 50.7 Å². The zero-order valence-electron chi connectivity index (χ0n) is 15.0. The van der Waals surface area contributed by atoms with Crippen LogP contribution in [0, 0.1) is 0 Å². The number of anilines is 1. The Morgan fingerprint density at radius 2 is 1.58 bits per heavy atom. The highest BCUT2D eigenvalue weighted by Gasteiger charge is 2.11. The minimum atomic E-state index is 0.861. The van der Waals surface area contributed by atoms with Gasteiger partial charge in [-0.15, -0.1) is 0 Å². The maximum Gasteiger partial charge on any atom is 0.133 e. The predicted molar refractivity (Wildman–Crippen MR) is 102 cm³/mol. The van der Waals surface area contributed by atoms with Crippen molar-refractivity contribution in [3.05, 3.63) is 59.7 Å². The molecule has 3 heteroatoms. The van der Waals surface area contributed by atoms with Crippen molar-refractivity contribution >= 4 is 11.4 Å². The summed E-state index contributed by atoms with van der Waals surface area (Å²) in [5.74, 6) is 0. The number of benzene rings is 2. The fourth-order valence-electron chi connectivity index (χ4n) is 2.92. The number of hydrogen-bond acceptors (Lipinski definition) is 2. The Bertz CT molecular complexity index is 614. The van der Waals surface area contributed by atoms with Gasteiger partial charge in [0.25, 0.3) is 0 Å². The van der Waals surface area contributed by atoms with Gasteiger partial charge in [-0.1, -0.05) is 57.0 Å². The van der Waals surface area contributed by atoms with Crippen LogP contribution in [0.5, 0.6) is 0 Å². The van der Waals surface area contributed by atoms with Crippen molar-refractivity contribution in [2.75, 3.05) is 18.0 Å². The zero-order valence-corrected chi connectivity index (χ0v) is 15.0. The van der Waals surface area contributed by atoms with Gasteiger partial charge in [0, 0.05) is 18.8 Å². The monoisotopic (exact) mass is 324 g/mol. The minimum absolute atomic E-state index is 0.861. The average molecular weight is 324 g/mol. The Morgan fingerprint density at radius 1 is 0.917 bits per heavy atom. The first kappa shape index (κ1) is 18.2. The van der Waals surface area contributed by atoms with Gasteiger partial charge in [0.2, 0.25) is 0 Å². The van der Waals surface area contributed by atoms with Gasteiger partial charge < -0.3 is 4.90 Å². The van der Waals surface area contributed by atoms with Gasteiger partial charge in [-0.3, -0.25) is 0 Å². The Kier molecular flexibility index (Phi) is 7.47. The fraction of sp³-hybridized carbons (Fsp3) is 0.429. The second kappa shape index (κ2) is 9.86. The molecular formula is C21H30N3+. The Morgan fingerprint density at radius 3 is 2.17 bits per heavy atom. The average Bonchev–Trinajstić information content (AvgIpc) is 2.63. The van der Waals surface area contributed by atoms with Gasteiger partial charge in [-0.05, 0) is 53.7 Å². The second-order valence-corrected chi connectivity index (χ2v) is 6.30. The third-order valence-corrected chi connectivity index (χ3v) is 4.37. The molecule has 24 heavy (non-hydrogen) atoms. The van der Waals surface area contributed by atoms with Crippen molar-refractivity contribution in [3.63, 3.8) is 0 Å². The van der Waals surface area contributed by atoms with Crippen LogP contribution in [0.3, 0.4) is 0 Å². The molecule has 0 aliphatic carbocycles. The molecule has 128 valence electrons. The summed E-state index contributed by atoms with van der Waals surface area (Å²) >= 11 is 0. The van der Waals surface area contributed by atoms with Crippen molar-refractivity contribution < 1.29 is 5.53 Å². The van der Waals surface area contributed by atoms with Crippen molar-refractivity contribution in [1.82, 2.24) is 0 Å². The molecule has 0 bridgehead atoms. The van der Waals surface area contributed by atoms with Crippen LogP contribution in [0.25, 0.3) is 0 Å². The van der Waals surface area contributed by atoms with E-state index in [4.69, 9.17) is 5.53 Å². The maximum atomic E-state index is 5.60. The number of rotatable bonds is 10. The summed E-state index contributed by atoms with van der Waals surface area (Å²) in [7, 11) is 0. The highest BCUT2D eigenvalue weighted by atomic mass is 15.1. The molecule has 2 aromatic carbocycles. The van der Waals surface area contributed by atoms with E-state index in [1.165, 1.54) is 42.5 Å². The zero-order chi connectivity index (χ0) is 17.2. The molecule has 0 amide bonds. The summed E-state index contributed by atoms with van der Waals surface area (Å²) in [4.78, 5) is 2.50. The summed E-state index contributed by atoms with van der Waals surface area (Å²) < 4.78 is 0. The summed E-state index contributed by atoms with van der Waals surface area (Å²) in [6.45, 7) is 6.71. The number of nitrogens with zero attached hydrogens (tertiary/aromatic N) is 2. The normalized spacial score (nSPS) is 10.6. The van der Waals surface area contributed by atoms with Crippen LogP contribution in [-0.2, 0) is 6.42 Å². The van der Waals surface area contributed by atoms with Crippen LogP contribution in [0.15, 0.2) is 53.6 Å². The standard InChI is InChI=1S/C21H29N3/c1-3-5-14-24(15-6-4-2)20-12-13-21(23-22)19(17-20)16-18-10-8-7-9-11-18/h7-13,17,22H,3-6,14-16H2,1-2H3/p+1. The first-order valence-electron chi connectivity index (χ1n) is 9.11. The molecule has 0 atom stereocenters. The lowest BCUT2D eigenvalue weighted by molar-refractivity contribution is -0.210. The topological polar surface area (TPSA) is 41.2 Å². The first-order chi connectivity index (χ1) is 11.8. The molecular weight excluding hydrogens is 294 g/mol. The van der Waals surface area contributed by atoms with Gasteiger partial charge in [-0.2, -0.15) is 5.53 Å². The van der Waals surface area contributed by atoms with Crippen LogP contribution in [-0.4, -0.2) is 13.1 Å². The molecule has 0 aliphatic heterocycles. The molecule has 2 aromatic rings. The molecule has 0 saturated heterocycles. The van der Waals surface area contributed by atoms with E-state index >= 15 is 0 Å². The van der Waals surface area contributed by atoms with Gasteiger partial charge in [0.1, 0.15) is 5.69 Å². The molecule has 0 radical (unpaired) electrons. The van der Waals surface area contributed by atoms with E-state index in [0.29, 0.717) is 0 Å². The Labute approximate surface area is 146 Å². The van der Waals surface area contributed by atoms with Crippen LogP contribution >= 0.6 is 0 Å². The second-order valence-electron chi connectivity index (χ2n) is 6.30. The largest absolute Gasteiger partial charge is 0.372 e. The van der Waals surface area contributed by atoms with Crippen molar-refractivity contribution in [3.8, 4) is 0 Å². The highest BCUT2D eigenvalue weighted by Crippen LogP contribution is 2.27. The van der Waals surface area contributed by atoms with Gasteiger partial charge in [-0.25, -0.2) is 0 Å². The van der Waals surface area contributed by atoms with E-state index in [1.54, 1.807) is 0 Å². The lowest BCUT2D eigenvalue weighted by atomic mass is 10.0. The summed E-state index contributed by atoms with van der Waals surface area (Å²) in [6.07, 6.45) is 5.74. The van der Waals surface area contributed by atoms with E-state index in [0.717, 1.165) is 25.2 Å². The maximum absolute atomic E-state index is 5.60. The molecule has 3 nitrogen and oxygen atoms in total. The quantitative estimate of drug-likeness (QED) is 0.641. The third kappa shape index (κ3) is 5.19. The number of hydrogen-bond donors (Lipinski definition) is 1. The van der Waals surface area contributed by atoms with E-state index < -0.39 is 0 Å². The van der Waals surface area contributed by atoms with Gasteiger partial charge in [0.15, 0.2) is 0 Å². The summed E-state index contributed by atoms with van der Waals surface area (Å²) in [6, 6.07) is 17.0. The van der Waals surface area contributed by atoms with Crippen molar-refractivity contribution in [2.45, 2.75) is 46.0 Å². The minimum Gasteiger partial charge on any atom is -0.372 e. The first-order valence-corrected chi connectivity index (χ1v) is 9.11. The summed E-state index contributed by atoms with van der Waals surface area (Å²) in [5, 5.41) is 3.97.